The zero-order chi connectivity index (χ0) is 26.5. The maximum absolute atomic E-state index is 12.7. The van der Waals surface area contributed by atoms with Crippen LogP contribution in [0.1, 0.15) is 78.9 Å². The Morgan fingerprint density at radius 3 is 2.47 bits per heavy atom. The third kappa shape index (κ3) is 5.57. The summed E-state index contributed by atoms with van der Waals surface area (Å²) >= 11 is 3.71. The van der Waals surface area contributed by atoms with Crippen LogP contribution in [0.25, 0.3) is 21.9 Å². The molecule has 1 atom stereocenters. The summed E-state index contributed by atoms with van der Waals surface area (Å²) in [5.74, 6) is 1.26. The summed E-state index contributed by atoms with van der Waals surface area (Å²) in [6.45, 7) is 7.05. The minimum absolute atomic E-state index is 0.120. The van der Waals surface area contributed by atoms with Gasteiger partial charge < -0.3 is 10.1 Å². The van der Waals surface area contributed by atoms with Crippen molar-refractivity contribution in [2.45, 2.75) is 51.9 Å². The number of carbonyl (C=O) groups is 1. The van der Waals surface area contributed by atoms with Gasteiger partial charge in [-0.25, -0.2) is 0 Å². The number of Topliss-reactive ketones (excluding diaryl/α,β-unsaturated/α-hetero) is 1. The molecule has 0 fully saturated rings. The van der Waals surface area contributed by atoms with Gasteiger partial charge in [-0.1, -0.05) is 78.7 Å². The van der Waals surface area contributed by atoms with Crippen LogP contribution in [-0.4, -0.2) is 25.5 Å². The third-order valence-electron chi connectivity index (χ3n) is 7.45. The topological polar surface area (TPSA) is 38.3 Å². The molecule has 1 aliphatic carbocycles. The number of carbonyl (C=O) groups excluding carboxylic acids is 1. The van der Waals surface area contributed by atoms with E-state index in [0.717, 1.165) is 59.9 Å². The maximum atomic E-state index is 12.7. The van der Waals surface area contributed by atoms with Gasteiger partial charge in [0.1, 0.15) is 5.75 Å². The summed E-state index contributed by atoms with van der Waals surface area (Å²) in [5, 5.41) is 5.76. The molecular weight excluding hydrogens is 534 g/mol. The number of halogens is 1. The van der Waals surface area contributed by atoms with Crippen molar-refractivity contribution in [2.24, 2.45) is 0 Å². The number of hydrogen-bond acceptors (Lipinski definition) is 3. The monoisotopic (exact) mass is 569 g/mol. The Morgan fingerprint density at radius 1 is 0.868 bits per heavy atom. The highest BCUT2D eigenvalue weighted by Gasteiger charge is 2.32. The van der Waals surface area contributed by atoms with E-state index in [1.54, 1.807) is 0 Å². The molecule has 4 aromatic rings. The van der Waals surface area contributed by atoms with Gasteiger partial charge in [0.15, 0.2) is 5.78 Å². The van der Waals surface area contributed by atoms with Crippen LogP contribution in [0.4, 0.5) is 0 Å². The van der Waals surface area contributed by atoms with Crippen LogP contribution in [0.5, 0.6) is 5.75 Å². The minimum Gasteiger partial charge on any atom is -0.494 e. The highest BCUT2D eigenvalue weighted by Crippen LogP contribution is 2.51. The van der Waals surface area contributed by atoms with E-state index in [0.29, 0.717) is 13.0 Å². The number of rotatable bonds is 12. The molecule has 1 unspecified atom stereocenters. The summed E-state index contributed by atoms with van der Waals surface area (Å²) in [6.07, 6.45) is 4.72. The predicted molar refractivity (Wildman–Crippen MR) is 162 cm³/mol. The van der Waals surface area contributed by atoms with Crippen LogP contribution >= 0.6 is 15.9 Å². The lowest BCUT2D eigenvalue weighted by molar-refractivity contribution is 0.0980. The minimum atomic E-state index is 0.120. The van der Waals surface area contributed by atoms with Crippen molar-refractivity contribution in [3.8, 4) is 16.9 Å². The molecule has 0 saturated carbocycles. The summed E-state index contributed by atoms with van der Waals surface area (Å²) in [4.78, 5) is 12.7. The summed E-state index contributed by atoms with van der Waals surface area (Å²) < 4.78 is 7.10. The van der Waals surface area contributed by atoms with Crippen molar-refractivity contribution < 1.29 is 9.53 Å². The molecule has 1 N–H and O–H groups in total. The predicted octanol–water partition coefficient (Wildman–Crippen LogP) is 8.90. The molecule has 0 amide bonds. The van der Waals surface area contributed by atoms with Crippen LogP contribution in [-0.2, 0) is 0 Å². The van der Waals surface area contributed by atoms with Crippen molar-refractivity contribution in [2.75, 3.05) is 19.7 Å². The Hall–Kier alpha value is -2.95. The lowest BCUT2D eigenvalue weighted by Gasteiger charge is -2.18. The summed E-state index contributed by atoms with van der Waals surface area (Å²) in [7, 11) is 0. The summed E-state index contributed by atoms with van der Waals surface area (Å²) in [6, 6.07) is 25.9. The van der Waals surface area contributed by atoms with Crippen molar-refractivity contribution >= 4 is 32.5 Å². The van der Waals surface area contributed by atoms with Gasteiger partial charge in [-0.2, -0.15) is 0 Å². The normalized spacial score (nSPS) is 13.9. The molecule has 196 valence electrons. The number of hydrogen-bond donors (Lipinski definition) is 1. The van der Waals surface area contributed by atoms with Crippen LogP contribution in [0.3, 0.4) is 0 Å². The van der Waals surface area contributed by atoms with E-state index in [4.69, 9.17) is 4.74 Å². The number of ketones is 1. The Labute approximate surface area is 234 Å². The van der Waals surface area contributed by atoms with Crippen molar-refractivity contribution in [3.63, 3.8) is 0 Å². The Kier molecular flexibility index (Phi) is 8.61. The average Bonchev–Trinajstić information content (AvgIpc) is 3.27. The van der Waals surface area contributed by atoms with Crippen LogP contribution in [0.15, 0.2) is 77.3 Å². The SMILES string of the molecule is CCCCC(=O)c1ccc2c3c(ccc2c1)-c1ccc(Br)cc1C3c1ccc(OCCCNCCC)cc1. The molecule has 4 aromatic carbocycles. The number of nitrogens with one attached hydrogen (secondary N) is 1. The molecule has 0 radical (unpaired) electrons. The van der Waals surface area contributed by atoms with Gasteiger partial charge in [0.05, 0.1) is 6.61 Å². The third-order valence-corrected chi connectivity index (χ3v) is 7.94. The van der Waals surface area contributed by atoms with Gasteiger partial charge >= 0.3 is 0 Å². The number of benzene rings is 4. The number of unbranched alkanes of at least 4 members (excludes halogenated alkanes) is 1. The largest absolute Gasteiger partial charge is 0.494 e. The number of fused-ring (bicyclic) bond motifs is 5. The lowest BCUT2D eigenvalue weighted by Crippen LogP contribution is -2.18. The van der Waals surface area contributed by atoms with Crippen molar-refractivity contribution in [1.29, 1.82) is 0 Å². The highest BCUT2D eigenvalue weighted by atomic mass is 79.9. The first-order valence-corrected chi connectivity index (χ1v) is 14.7. The maximum Gasteiger partial charge on any atom is 0.162 e. The second-order valence-corrected chi connectivity index (χ2v) is 11.1. The lowest BCUT2D eigenvalue weighted by atomic mass is 9.86. The molecule has 1 aliphatic rings. The fourth-order valence-corrected chi connectivity index (χ4v) is 5.90. The zero-order valence-electron chi connectivity index (χ0n) is 22.4. The molecule has 3 nitrogen and oxygen atoms in total. The summed E-state index contributed by atoms with van der Waals surface area (Å²) in [5.41, 5.74) is 7.23. The van der Waals surface area contributed by atoms with Gasteiger partial charge in [0.2, 0.25) is 0 Å². The average molecular weight is 571 g/mol. The van der Waals surface area contributed by atoms with E-state index in [2.05, 4.69) is 102 Å². The molecule has 0 bridgehead atoms. The van der Waals surface area contributed by atoms with Gasteiger partial charge in [-0.3, -0.25) is 4.79 Å². The van der Waals surface area contributed by atoms with E-state index in [1.165, 1.54) is 33.2 Å². The molecule has 0 spiro atoms. The molecule has 0 aromatic heterocycles. The smallest absolute Gasteiger partial charge is 0.162 e. The highest BCUT2D eigenvalue weighted by molar-refractivity contribution is 9.10. The Balaban J connectivity index is 1.47. The second kappa shape index (κ2) is 12.3. The van der Waals surface area contributed by atoms with Gasteiger partial charge in [-0.05, 0) is 101 Å². The van der Waals surface area contributed by atoms with Crippen LogP contribution in [0, 0.1) is 0 Å². The molecule has 38 heavy (non-hydrogen) atoms. The molecule has 4 heteroatoms. The van der Waals surface area contributed by atoms with E-state index in [-0.39, 0.29) is 11.7 Å². The molecule has 0 aliphatic heterocycles. The van der Waals surface area contributed by atoms with Crippen LogP contribution in [0.2, 0.25) is 0 Å². The van der Waals surface area contributed by atoms with E-state index in [1.807, 2.05) is 6.07 Å². The van der Waals surface area contributed by atoms with E-state index < -0.39 is 0 Å². The Bertz CT molecular complexity index is 1430. The molecule has 5 rings (SSSR count). The van der Waals surface area contributed by atoms with Gasteiger partial charge in [0.25, 0.3) is 0 Å². The van der Waals surface area contributed by atoms with Crippen LogP contribution < -0.4 is 10.1 Å². The molecule has 0 heterocycles. The molecular formula is C34H36BrNO2. The fourth-order valence-electron chi connectivity index (χ4n) is 5.52. The van der Waals surface area contributed by atoms with E-state index in [9.17, 15) is 4.79 Å². The van der Waals surface area contributed by atoms with Gasteiger partial charge in [0, 0.05) is 22.4 Å². The van der Waals surface area contributed by atoms with Crippen molar-refractivity contribution in [3.05, 3.63) is 99.5 Å². The van der Waals surface area contributed by atoms with Crippen molar-refractivity contribution in [1.82, 2.24) is 5.32 Å². The first-order valence-electron chi connectivity index (χ1n) is 13.9. The molecule has 0 saturated heterocycles. The second-order valence-electron chi connectivity index (χ2n) is 10.2. The first-order chi connectivity index (χ1) is 18.6. The zero-order valence-corrected chi connectivity index (χ0v) is 23.9. The fraction of sp³-hybridized carbons (Fsp3) is 0.324. The van der Waals surface area contributed by atoms with Gasteiger partial charge in [-0.15, -0.1) is 0 Å². The quantitative estimate of drug-likeness (QED) is 0.120. The standard InChI is InChI=1S/C34H36BrNO2/c1-3-5-7-32(37)25-11-15-28-24(21-25)10-16-30-29-17-12-26(35)22-31(29)33(34(28)30)23-8-13-27(14-9-23)38-20-6-19-36-18-4-2/h8-17,21-22,33,36H,3-7,18-20H2,1-2H3. The number of ether oxygens (including phenoxy) is 1. The Morgan fingerprint density at radius 2 is 1.68 bits per heavy atom. The van der Waals surface area contributed by atoms with E-state index >= 15 is 0 Å². The first kappa shape index (κ1) is 26.6.